The maximum Gasteiger partial charge on any atom is 0.168 e. The Kier molecular flexibility index (Phi) is 6.48. The number of fused-ring (bicyclic) bond motifs is 2. The number of methoxy groups -OCH3 is 2. The second-order valence-corrected chi connectivity index (χ2v) is 13.0. The summed E-state index contributed by atoms with van der Waals surface area (Å²) in [6.45, 7) is 10.8. The Hall–Kier alpha value is -1.67. The van der Waals surface area contributed by atoms with Crippen LogP contribution in [-0.2, 0) is 16.6 Å². The summed E-state index contributed by atoms with van der Waals surface area (Å²) < 4.78 is 17.9. The fourth-order valence-corrected chi connectivity index (χ4v) is 6.18. The molecule has 3 rings (SSSR count). The van der Waals surface area contributed by atoms with E-state index in [0.29, 0.717) is 5.75 Å². The van der Waals surface area contributed by atoms with Gasteiger partial charge in [-0.3, -0.25) is 0 Å². The first-order valence-electron chi connectivity index (χ1n) is 10.1. The van der Waals surface area contributed by atoms with Crippen molar-refractivity contribution in [3.63, 3.8) is 0 Å². The minimum Gasteiger partial charge on any atom is -0.496 e. The molecular weight excluding hydrogens is 414 g/mol. The third kappa shape index (κ3) is 4.21. The number of aliphatic hydroxyl groups excluding tert-OH is 1. The summed E-state index contributed by atoms with van der Waals surface area (Å²) in [6.07, 6.45) is 0. The first kappa shape index (κ1) is 23.0. The monoisotopic (exact) mass is 447 g/mol. The van der Waals surface area contributed by atoms with Gasteiger partial charge in [0.25, 0.3) is 0 Å². The number of hydrogen-bond acceptors (Lipinski definition) is 6. The first-order chi connectivity index (χ1) is 14.0. The third-order valence-electron chi connectivity index (χ3n) is 5.29. The van der Waals surface area contributed by atoms with Gasteiger partial charge in [-0.15, -0.1) is 0 Å². The largest absolute Gasteiger partial charge is 0.496 e. The fourth-order valence-electron chi connectivity index (χ4n) is 3.68. The van der Waals surface area contributed by atoms with E-state index in [2.05, 4.69) is 52.6 Å². The molecule has 0 aliphatic carbocycles. The molecule has 1 aliphatic rings. The summed E-state index contributed by atoms with van der Waals surface area (Å²) in [5.41, 5.74) is 3.50. The van der Waals surface area contributed by atoms with Gasteiger partial charge in [0.2, 0.25) is 0 Å². The van der Waals surface area contributed by atoms with Gasteiger partial charge in [0.15, 0.2) is 9.76 Å². The summed E-state index contributed by atoms with van der Waals surface area (Å²) in [4.78, 5) is 4.27. The van der Waals surface area contributed by atoms with E-state index in [4.69, 9.17) is 13.9 Å². The summed E-state index contributed by atoms with van der Waals surface area (Å²) in [5, 5.41) is 10.3. The average Bonchev–Trinajstić information content (AvgIpc) is 2.70. The highest BCUT2D eigenvalue weighted by Gasteiger charge is 2.35. The van der Waals surface area contributed by atoms with E-state index in [1.807, 2.05) is 18.2 Å². The molecule has 164 valence electrons. The first-order valence-corrected chi connectivity index (χ1v) is 12.2. The average molecular weight is 448 g/mol. The van der Waals surface area contributed by atoms with E-state index in [-0.39, 0.29) is 11.6 Å². The van der Waals surface area contributed by atoms with Gasteiger partial charge in [0, 0.05) is 28.0 Å². The van der Waals surface area contributed by atoms with Crippen LogP contribution in [0.15, 0.2) is 34.1 Å². The maximum atomic E-state index is 10.1. The fraction of sp³-hybridized carbons (Fsp3) is 0.478. The molecule has 0 amide bonds. The zero-order valence-electron chi connectivity index (χ0n) is 19.3. The van der Waals surface area contributed by atoms with Crippen LogP contribution in [-0.4, -0.2) is 36.1 Å². The lowest BCUT2D eigenvalue weighted by molar-refractivity contribution is 0.103. The topological polar surface area (TPSA) is 51.2 Å². The van der Waals surface area contributed by atoms with Crippen LogP contribution in [0.5, 0.6) is 11.5 Å². The Bertz CT molecular complexity index is 940. The molecule has 5 nitrogen and oxygen atoms in total. The van der Waals surface area contributed by atoms with E-state index >= 15 is 0 Å². The van der Waals surface area contributed by atoms with Crippen molar-refractivity contribution >= 4 is 32.9 Å². The van der Waals surface area contributed by atoms with Crippen molar-refractivity contribution in [1.29, 1.82) is 0 Å². The van der Waals surface area contributed by atoms with Crippen molar-refractivity contribution in [2.45, 2.75) is 61.7 Å². The normalized spacial score (nSPS) is 14.1. The van der Waals surface area contributed by atoms with Gasteiger partial charge in [-0.2, -0.15) is 0 Å². The van der Waals surface area contributed by atoms with Crippen molar-refractivity contribution in [2.24, 2.45) is 0 Å². The van der Waals surface area contributed by atoms with Crippen LogP contribution in [0.4, 0.5) is 11.4 Å². The number of rotatable bonds is 6. The van der Waals surface area contributed by atoms with Crippen LogP contribution >= 0.6 is 11.8 Å². The molecule has 1 heterocycles. The molecule has 2 aromatic carbocycles. The van der Waals surface area contributed by atoms with Crippen molar-refractivity contribution in [3.8, 4) is 11.5 Å². The molecule has 0 spiro atoms. The Labute approximate surface area is 186 Å². The lowest BCUT2D eigenvalue weighted by Gasteiger charge is -2.37. The number of hydrogen-bond donors (Lipinski definition) is 1. The highest BCUT2D eigenvalue weighted by Crippen LogP contribution is 2.55. The predicted octanol–water partition coefficient (Wildman–Crippen LogP) is 4.98. The zero-order valence-corrected chi connectivity index (χ0v) is 21.5. The van der Waals surface area contributed by atoms with E-state index in [1.165, 1.54) is 0 Å². The summed E-state index contributed by atoms with van der Waals surface area (Å²) >= 11 is 1.66. The van der Waals surface area contributed by atoms with Gasteiger partial charge in [-0.25, -0.2) is 0 Å². The molecule has 1 aliphatic heterocycles. The van der Waals surface area contributed by atoms with E-state index in [9.17, 15) is 5.11 Å². The standard InChI is InChI=1S/C23H33NO4SSi/c1-22(2,3)30-28-23(4,5)19-18(27-8)12-10-16-21(19)29-20-14(13-25)17(26-7)11-9-15(20)24(16)6/h9-12,25H,13,30H2,1-8H3. The van der Waals surface area contributed by atoms with E-state index in [0.717, 1.165) is 38.0 Å². The molecule has 0 saturated heterocycles. The quantitative estimate of drug-likeness (QED) is 0.630. The molecule has 0 atom stereocenters. The number of anilines is 2. The molecule has 1 N–H and O–H groups in total. The smallest absolute Gasteiger partial charge is 0.168 e. The molecule has 0 radical (unpaired) electrons. The molecule has 2 aromatic rings. The van der Waals surface area contributed by atoms with Crippen LogP contribution in [0.3, 0.4) is 0 Å². The van der Waals surface area contributed by atoms with Crippen molar-refractivity contribution in [1.82, 2.24) is 0 Å². The van der Waals surface area contributed by atoms with E-state index < -0.39 is 15.4 Å². The molecule has 7 heteroatoms. The lowest BCUT2D eigenvalue weighted by atomic mass is 9.96. The second kappa shape index (κ2) is 8.46. The lowest BCUT2D eigenvalue weighted by Crippen LogP contribution is -2.30. The maximum absolute atomic E-state index is 10.1. The molecule has 0 aromatic heterocycles. The molecular formula is C23H33NO4SSi. The van der Waals surface area contributed by atoms with Crippen LogP contribution in [0.2, 0.25) is 5.04 Å². The summed E-state index contributed by atoms with van der Waals surface area (Å²) in [5.74, 6) is 1.51. The highest BCUT2D eigenvalue weighted by atomic mass is 32.2. The van der Waals surface area contributed by atoms with E-state index in [1.54, 1.807) is 26.0 Å². The highest BCUT2D eigenvalue weighted by molar-refractivity contribution is 7.99. The van der Waals surface area contributed by atoms with Gasteiger partial charge >= 0.3 is 0 Å². The van der Waals surface area contributed by atoms with Crippen molar-refractivity contribution in [3.05, 3.63) is 35.4 Å². The van der Waals surface area contributed by atoms with Gasteiger partial charge in [-0.1, -0.05) is 32.5 Å². The van der Waals surface area contributed by atoms with Crippen molar-refractivity contribution in [2.75, 3.05) is 26.2 Å². The number of ether oxygens (including phenoxy) is 2. The van der Waals surface area contributed by atoms with Crippen LogP contribution < -0.4 is 14.4 Å². The number of aliphatic hydroxyl groups is 1. The van der Waals surface area contributed by atoms with Crippen LogP contribution in [0, 0.1) is 0 Å². The SMILES string of the molecule is COc1ccc2c(c1CO)Sc1c(ccc(OC)c1C(C)(C)O[SiH2]C(C)(C)C)N2C. The molecule has 0 fully saturated rings. The summed E-state index contributed by atoms with van der Waals surface area (Å²) in [7, 11) is 4.61. The third-order valence-corrected chi connectivity index (χ3v) is 8.30. The molecule has 0 unspecified atom stereocenters. The molecule has 30 heavy (non-hydrogen) atoms. The van der Waals surface area contributed by atoms with Gasteiger partial charge in [0.05, 0.1) is 37.8 Å². The minimum absolute atomic E-state index is 0.0847. The summed E-state index contributed by atoms with van der Waals surface area (Å²) in [6, 6.07) is 8.07. The zero-order chi connectivity index (χ0) is 22.3. The second-order valence-electron chi connectivity index (χ2n) is 9.26. The Morgan fingerprint density at radius 1 is 0.933 bits per heavy atom. The number of nitrogens with zero attached hydrogens (tertiary/aromatic N) is 1. The molecule has 0 bridgehead atoms. The molecule has 0 saturated carbocycles. The van der Waals surface area contributed by atoms with Crippen molar-refractivity contribution < 1.29 is 19.0 Å². The van der Waals surface area contributed by atoms with Gasteiger partial charge < -0.3 is 23.9 Å². The Balaban J connectivity index is 2.18. The van der Waals surface area contributed by atoms with Crippen LogP contribution in [0.25, 0.3) is 0 Å². The number of benzene rings is 2. The van der Waals surface area contributed by atoms with Crippen LogP contribution in [0.1, 0.15) is 45.7 Å². The van der Waals surface area contributed by atoms with Gasteiger partial charge in [-0.05, 0) is 43.2 Å². The predicted molar refractivity (Wildman–Crippen MR) is 126 cm³/mol. The van der Waals surface area contributed by atoms with Gasteiger partial charge in [0.1, 0.15) is 11.5 Å². The minimum atomic E-state index is -0.779. The Morgan fingerprint density at radius 3 is 2.03 bits per heavy atom. The Morgan fingerprint density at radius 2 is 1.50 bits per heavy atom.